The average molecular weight is 381 g/mol. The van der Waals surface area contributed by atoms with Crippen LogP contribution in [-0.2, 0) is 4.79 Å². The molecule has 0 saturated heterocycles. The van der Waals surface area contributed by atoms with E-state index in [1.165, 1.54) is 6.07 Å². The summed E-state index contributed by atoms with van der Waals surface area (Å²) in [5.41, 5.74) is -0.243. The summed E-state index contributed by atoms with van der Waals surface area (Å²) in [6.45, 7) is 3.50. The van der Waals surface area contributed by atoms with Gasteiger partial charge in [0.1, 0.15) is 0 Å². The Bertz CT molecular complexity index is 826. The Kier molecular flexibility index (Phi) is 4.89. The monoisotopic (exact) mass is 380 g/mol. The lowest BCUT2D eigenvalue weighted by Crippen LogP contribution is -2.44. The SMILES string of the molecule is CC(C)(CCC(=O)O)NC(=O)c1cc(=O)[nH]c2ccc(Br)cc12. The standard InChI is InChI=1S/C16H17BrN2O4/c1-16(2,6-5-14(21)22)19-15(23)11-8-13(20)18-12-4-3-9(17)7-10(11)12/h3-4,7-8H,5-6H2,1-2H3,(H,18,20)(H,19,23)(H,21,22). The molecule has 23 heavy (non-hydrogen) atoms. The molecule has 0 aliphatic carbocycles. The van der Waals surface area contributed by atoms with Gasteiger partial charge in [0, 0.05) is 33.4 Å². The van der Waals surface area contributed by atoms with Crippen molar-refractivity contribution < 1.29 is 14.7 Å². The largest absolute Gasteiger partial charge is 0.481 e. The van der Waals surface area contributed by atoms with Crippen LogP contribution in [0.2, 0.25) is 0 Å². The number of nitrogens with one attached hydrogen (secondary N) is 2. The van der Waals surface area contributed by atoms with Crippen LogP contribution >= 0.6 is 15.9 Å². The van der Waals surface area contributed by atoms with E-state index in [4.69, 9.17) is 5.11 Å². The van der Waals surface area contributed by atoms with Gasteiger partial charge in [0.2, 0.25) is 5.56 Å². The van der Waals surface area contributed by atoms with Crippen LogP contribution in [0.3, 0.4) is 0 Å². The van der Waals surface area contributed by atoms with E-state index in [2.05, 4.69) is 26.2 Å². The number of H-pyrrole nitrogens is 1. The Morgan fingerprint density at radius 1 is 1.30 bits per heavy atom. The highest BCUT2D eigenvalue weighted by molar-refractivity contribution is 9.10. The van der Waals surface area contributed by atoms with Gasteiger partial charge < -0.3 is 15.4 Å². The van der Waals surface area contributed by atoms with E-state index in [1.807, 2.05) is 0 Å². The third-order valence-corrected chi connectivity index (χ3v) is 3.96. The maximum absolute atomic E-state index is 12.6. The predicted molar refractivity (Wildman–Crippen MR) is 90.7 cm³/mol. The second kappa shape index (κ2) is 6.54. The van der Waals surface area contributed by atoms with Gasteiger partial charge in [-0.1, -0.05) is 15.9 Å². The summed E-state index contributed by atoms with van der Waals surface area (Å²) in [5, 5.41) is 12.2. The molecule has 7 heteroatoms. The number of halogens is 1. The number of benzene rings is 1. The quantitative estimate of drug-likeness (QED) is 0.742. The molecule has 1 aromatic carbocycles. The molecule has 0 fully saturated rings. The van der Waals surface area contributed by atoms with Crippen LogP contribution in [0.1, 0.15) is 37.0 Å². The summed E-state index contributed by atoms with van der Waals surface area (Å²) in [6.07, 6.45) is 0.244. The molecular weight excluding hydrogens is 364 g/mol. The van der Waals surface area contributed by atoms with E-state index in [9.17, 15) is 14.4 Å². The van der Waals surface area contributed by atoms with Gasteiger partial charge in [-0.2, -0.15) is 0 Å². The first-order chi connectivity index (χ1) is 10.7. The van der Waals surface area contributed by atoms with Crippen molar-refractivity contribution in [1.29, 1.82) is 0 Å². The number of carboxylic acid groups (broad SMARTS) is 1. The van der Waals surface area contributed by atoms with Crippen LogP contribution in [-0.4, -0.2) is 27.5 Å². The van der Waals surface area contributed by atoms with Crippen molar-refractivity contribution in [3.8, 4) is 0 Å². The van der Waals surface area contributed by atoms with Crippen molar-refractivity contribution >= 4 is 38.7 Å². The van der Waals surface area contributed by atoms with Crippen LogP contribution in [0.4, 0.5) is 0 Å². The smallest absolute Gasteiger partial charge is 0.303 e. The van der Waals surface area contributed by atoms with Crippen molar-refractivity contribution in [3.63, 3.8) is 0 Å². The fourth-order valence-corrected chi connectivity index (χ4v) is 2.63. The van der Waals surface area contributed by atoms with Gasteiger partial charge in [0.15, 0.2) is 0 Å². The fourth-order valence-electron chi connectivity index (χ4n) is 2.27. The first-order valence-electron chi connectivity index (χ1n) is 7.05. The maximum Gasteiger partial charge on any atom is 0.303 e. The number of hydrogen-bond acceptors (Lipinski definition) is 3. The first kappa shape index (κ1) is 17.2. The highest BCUT2D eigenvalue weighted by Gasteiger charge is 2.23. The molecule has 0 radical (unpaired) electrons. The van der Waals surface area contributed by atoms with E-state index >= 15 is 0 Å². The van der Waals surface area contributed by atoms with E-state index in [0.29, 0.717) is 17.3 Å². The summed E-state index contributed by atoms with van der Waals surface area (Å²) in [5.74, 6) is -1.33. The van der Waals surface area contributed by atoms with Gasteiger partial charge in [0.25, 0.3) is 5.91 Å². The van der Waals surface area contributed by atoms with E-state index in [-0.39, 0.29) is 17.5 Å². The second-order valence-electron chi connectivity index (χ2n) is 5.97. The van der Waals surface area contributed by atoms with E-state index in [1.54, 1.807) is 32.0 Å². The second-order valence-corrected chi connectivity index (χ2v) is 6.88. The predicted octanol–water partition coefficient (Wildman–Crippen LogP) is 2.66. The Morgan fingerprint density at radius 2 is 2.00 bits per heavy atom. The molecule has 6 nitrogen and oxygen atoms in total. The number of aromatic nitrogens is 1. The first-order valence-corrected chi connectivity index (χ1v) is 7.84. The molecule has 1 aromatic heterocycles. The van der Waals surface area contributed by atoms with Crippen LogP contribution in [0, 0.1) is 0 Å². The highest BCUT2D eigenvalue weighted by Crippen LogP contribution is 2.21. The van der Waals surface area contributed by atoms with Crippen molar-refractivity contribution in [2.24, 2.45) is 0 Å². The average Bonchev–Trinajstić information content (AvgIpc) is 2.44. The lowest BCUT2D eigenvalue weighted by molar-refractivity contribution is -0.137. The Labute approximate surface area is 141 Å². The number of carboxylic acids is 1. The van der Waals surface area contributed by atoms with Crippen LogP contribution in [0.15, 0.2) is 33.5 Å². The number of aromatic amines is 1. The maximum atomic E-state index is 12.6. The van der Waals surface area contributed by atoms with Gasteiger partial charge in [-0.25, -0.2) is 0 Å². The van der Waals surface area contributed by atoms with Crippen LogP contribution in [0.5, 0.6) is 0 Å². The van der Waals surface area contributed by atoms with Gasteiger partial charge in [-0.05, 0) is 38.5 Å². The van der Waals surface area contributed by atoms with Crippen molar-refractivity contribution in [3.05, 3.63) is 44.7 Å². The third kappa shape index (κ3) is 4.41. The third-order valence-electron chi connectivity index (χ3n) is 3.47. The Hall–Kier alpha value is -2.15. The topological polar surface area (TPSA) is 99.3 Å². The summed E-state index contributed by atoms with van der Waals surface area (Å²) >= 11 is 3.35. The number of rotatable bonds is 5. The summed E-state index contributed by atoms with van der Waals surface area (Å²) in [4.78, 5) is 37.7. The van der Waals surface area contributed by atoms with Gasteiger partial charge in [0.05, 0.1) is 5.56 Å². The summed E-state index contributed by atoms with van der Waals surface area (Å²) < 4.78 is 0.788. The molecule has 3 N–H and O–H groups in total. The van der Waals surface area contributed by atoms with Crippen LogP contribution < -0.4 is 10.9 Å². The van der Waals surface area contributed by atoms with E-state index < -0.39 is 17.4 Å². The molecule has 0 aliphatic heterocycles. The molecule has 0 spiro atoms. The number of amides is 1. The van der Waals surface area contributed by atoms with Crippen molar-refractivity contribution in [1.82, 2.24) is 10.3 Å². The van der Waals surface area contributed by atoms with Crippen molar-refractivity contribution in [2.75, 3.05) is 0 Å². The number of hydrogen-bond donors (Lipinski definition) is 3. The number of fused-ring (bicyclic) bond motifs is 1. The van der Waals surface area contributed by atoms with E-state index in [0.717, 1.165) is 4.47 Å². The Balaban J connectivity index is 2.35. The normalized spacial score (nSPS) is 11.4. The molecule has 0 bridgehead atoms. The summed E-state index contributed by atoms with van der Waals surface area (Å²) in [7, 11) is 0. The number of aliphatic carboxylic acids is 1. The molecule has 1 heterocycles. The molecule has 2 aromatic rings. The molecule has 2 rings (SSSR count). The molecule has 122 valence electrons. The Morgan fingerprint density at radius 3 is 2.65 bits per heavy atom. The molecule has 0 atom stereocenters. The number of carbonyl (C=O) groups is 2. The zero-order valence-corrected chi connectivity index (χ0v) is 14.4. The molecule has 0 saturated carbocycles. The minimum Gasteiger partial charge on any atom is -0.481 e. The number of carbonyl (C=O) groups excluding carboxylic acids is 1. The zero-order valence-electron chi connectivity index (χ0n) is 12.8. The fraction of sp³-hybridized carbons (Fsp3) is 0.312. The molecule has 0 unspecified atom stereocenters. The molecular formula is C16H17BrN2O4. The van der Waals surface area contributed by atoms with Gasteiger partial charge >= 0.3 is 5.97 Å². The molecule has 0 aliphatic rings. The number of pyridine rings is 1. The highest BCUT2D eigenvalue weighted by atomic mass is 79.9. The minimum atomic E-state index is -0.919. The van der Waals surface area contributed by atoms with Crippen molar-refractivity contribution in [2.45, 2.75) is 32.2 Å². The lowest BCUT2D eigenvalue weighted by atomic mass is 9.97. The zero-order chi connectivity index (χ0) is 17.2. The molecule has 1 amide bonds. The van der Waals surface area contributed by atoms with Crippen LogP contribution in [0.25, 0.3) is 10.9 Å². The minimum absolute atomic E-state index is 0.0467. The summed E-state index contributed by atoms with van der Waals surface area (Å²) in [6, 6.07) is 6.49. The van der Waals surface area contributed by atoms with Gasteiger partial charge in [-0.15, -0.1) is 0 Å². The van der Waals surface area contributed by atoms with Gasteiger partial charge in [-0.3, -0.25) is 14.4 Å². The lowest BCUT2D eigenvalue weighted by Gasteiger charge is -2.26.